The Hall–Kier alpha value is -1.24. The van der Waals surface area contributed by atoms with Gasteiger partial charge in [-0.05, 0) is 30.0 Å². The maximum absolute atomic E-state index is 4.61. The van der Waals surface area contributed by atoms with E-state index in [2.05, 4.69) is 69.9 Å². The van der Waals surface area contributed by atoms with Crippen LogP contribution in [0.2, 0.25) is 0 Å². The standard InChI is InChI=1S/C20H22N.Ir/c1-13(2)15-9-10-21-18(11-15)17-8-6-7-16-14(3)12-20(4,5)19(16)17;/h6-7,9-13H,1-5H3;/q-1;. The van der Waals surface area contributed by atoms with Gasteiger partial charge in [-0.2, -0.15) is 0 Å². The summed E-state index contributed by atoms with van der Waals surface area (Å²) in [7, 11) is 0. The topological polar surface area (TPSA) is 12.9 Å². The number of nitrogens with zero attached hydrogens (tertiary/aromatic N) is 1. The normalized spacial score (nSPS) is 15.3. The molecule has 1 aliphatic carbocycles. The van der Waals surface area contributed by atoms with Crippen molar-refractivity contribution in [2.75, 3.05) is 0 Å². The van der Waals surface area contributed by atoms with Crippen molar-refractivity contribution in [3.8, 4) is 11.3 Å². The summed E-state index contributed by atoms with van der Waals surface area (Å²) in [5.74, 6) is 0.511. The number of benzene rings is 1. The Morgan fingerprint density at radius 1 is 1.18 bits per heavy atom. The van der Waals surface area contributed by atoms with E-state index in [1.54, 1.807) is 0 Å². The minimum atomic E-state index is 0. The van der Waals surface area contributed by atoms with Gasteiger partial charge in [-0.3, -0.25) is 0 Å². The summed E-state index contributed by atoms with van der Waals surface area (Å²) in [6.07, 6.45) is 4.27. The molecule has 0 atom stereocenters. The van der Waals surface area contributed by atoms with Crippen molar-refractivity contribution in [2.24, 2.45) is 0 Å². The Morgan fingerprint density at radius 2 is 1.91 bits per heavy atom. The Labute approximate surface area is 147 Å². The average Bonchev–Trinajstić information content (AvgIpc) is 2.69. The maximum Gasteiger partial charge on any atom is 0.0163 e. The van der Waals surface area contributed by atoms with Crippen molar-refractivity contribution in [1.29, 1.82) is 0 Å². The second kappa shape index (κ2) is 6.10. The zero-order chi connectivity index (χ0) is 15.2. The molecule has 117 valence electrons. The third kappa shape index (κ3) is 2.83. The second-order valence-corrected chi connectivity index (χ2v) is 6.82. The van der Waals surface area contributed by atoms with Gasteiger partial charge in [0.05, 0.1) is 0 Å². The fourth-order valence-electron chi connectivity index (χ4n) is 3.33. The van der Waals surface area contributed by atoms with Crippen LogP contribution in [-0.4, -0.2) is 4.98 Å². The molecule has 3 rings (SSSR count). The summed E-state index contributed by atoms with van der Waals surface area (Å²) in [6.45, 7) is 11.2. The van der Waals surface area contributed by atoms with E-state index >= 15 is 0 Å². The van der Waals surface area contributed by atoms with Crippen LogP contribution in [0.25, 0.3) is 16.8 Å². The van der Waals surface area contributed by atoms with Crippen molar-refractivity contribution in [3.05, 3.63) is 59.3 Å². The van der Waals surface area contributed by atoms with E-state index in [1.807, 2.05) is 12.3 Å². The molecule has 1 nitrogen and oxygen atoms in total. The van der Waals surface area contributed by atoms with Crippen LogP contribution in [0, 0.1) is 6.07 Å². The summed E-state index contributed by atoms with van der Waals surface area (Å²) >= 11 is 0. The molecule has 0 aliphatic heterocycles. The average molecular weight is 469 g/mol. The molecule has 1 aromatic carbocycles. The summed E-state index contributed by atoms with van der Waals surface area (Å²) < 4.78 is 0. The van der Waals surface area contributed by atoms with Gasteiger partial charge in [-0.25, -0.2) is 0 Å². The SMILES string of the molecule is CC1=CC(C)(C)c2c(-c3cc(C(C)C)ccn3)[c-]ccc21.[Ir]. The van der Waals surface area contributed by atoms with Crippen molar-refractivity contribution >= 4 is 5.57 Å². The monoisotopic (exact) mass is 469 g/mol. The number of aromatic nitrogens is 1. The van der Waals surface area contributed by atoms with Gasteiger partial charge in [-0.1, -0.05) is 51.0 Å². The molecule has 0 unspecified atom stereocenters. The van der Waals surface area contributed by atoms with E-state index in [0.717, 1.165) is 11.3 Å². The van der Waals surface area contributed by atoms with Gasteiger partial charge in [-0.15, -0.1) is 34.9 Å². The van der Waals surface area contributed by atoms with E-state index in [9.17, 15) is 0 Å². The molecule has 22 heavy (non-hydrogen) atoms. The van der Waals surface area contributed by atoms with Gasteiger partial charge in [0.2, 0.25) is 0 Å². The van der Waals surface area contributed by atoms with Crippen LogP contribution in [0.5, 0.6) is 0 Å². The third-order valence-electron chi connectivity index (χ3n) is 4.35. The largest absolute Gasteiger partial charge is 0.305 e. The van der Waals surface area contributed by atoms with Crippen molar-refractivity contribution < 1.29 is 20.1 Å². The van der Waals surface area contributed by atoms with Crippen LogP contribution in [0.3, 0.4) is 0 Å². The number of hydrogen-bond donors (Lipinski definition) is 0. The number of allylic oxidation sites excluding steroid dienone is 2. The molecule has 2 heteroatoms. The fourth-order valence-corrected chi connectivity index (χ4v) is 3.33. The van der Waals surface area contributed by atoms with E-state index in [0.29, 0.717) is 5.92 Å². The molecule has 1 heterocycles. The first-order chi connectivity index (χ1) is 9.90. The van der Waals surface area contributed by atoms with Crippen molar-refractivity contribution in [2.45, 2.75) is 46.0 Å². The second-order valence-electron chi connectivity index (χ2n) is 6.82. The number of hydrogen-bond acceptors (Lipinski definition) is 1. The Morgan fingerprint density at radius 3 is 2.59 bits per heavy atom. The quantitative estimate of drug-likeness (QED) is 0.541. The fraction of sp³-hybridized carbons (Fsp3) is 0.350. The summed E-state index contributed by atoms with van der Waals surface area (Å²) in [5, 5.41) is 0. The number of pyridine rings is 1. The molecular weight excluding hydrogens is 446 g/mol. The van der Waals surface area contributed by atoms with E-state index in [1.165, 1.54) is 22.3 Å². The summed E-state index contributed by atoms with van der Waals surface area (Å²) in [6, 6.07) is 11.9. The smallest absolute Gasteiger partial charge is 0.0163 e. The van der Waals surface area contributed by atoms with Crippen LogP contribution in [0.4, 0.5) is 0 Å². The van der Waals surface area contributed by atoms with Gasteiger partial charge < -0.3 is 4.98 Å². The minimum absolute atomic E-state index is 0. The van der Waals surface area contributed by atoms with Crippen LogP contribution >= 0.6 is 0 Å². The summed E-state index contributed by atoms with van der Waals surface area (Å²) in [4.78, 5) is 4.61. The van der Waals surface area contributed by atoms with E-state index in [4.69, 9.17) is 0 Å². The molecule has 1 aliphatic rings. The van der Waals surface area contributed by atoms with Gasteiger partial charge in [0, 0.05) is 26.3 Å². The summed E-state index contributed by atoms with van der Waals surface area (Å²) in [5.41, 5.74) is 7.60. The van der Waals surface area contributed by atoms with Gasteiger partial charge >= 0.3 is 0 Å². The zero-order valence-electron chi connectivity index (χ0n) is 13.8. The molecule has 2 aromatic rings. The van der Waals surface area contributed by atoms with Gasteiger partial charge in [0.25, 0.3) is 0 Å². The molecule has 1 aromatic heterocycles. The molecular formula is C20H22IrN-. The first kappa shape index (κ1) is 17.1. The molecule has 0 saturated heterocycles. The zero-order valence-corrected chi connectivity index (χ0v) is 16.2. The molecule has 0 spiro atoms. The predicted octanol–water partition coefficient (Wildman–Crippen LogP) is 5.36. The number of rotatable bonds is 2. The van der Waals surface area contributed by atoms with E-state index in [-0.39, 0.29) is 25.5 Å². The van der Waals surface area contributed by atoms with E-state index < -0.39 is 0 Å². The van der Waals surface area contributed by atoms with Gasteiger partial charge in [0.15, 0.2) is 0 Å². The van der Waals surface area contributed by atoms with Crippen LogP contribution in [0.15, 0.2) is 36.5 Å². The maximum atomic E-state index is 4.61. The number of fused-ring (bicyclic) bond motifs is 1. The Kier molecular flexibility index (Phi) is 4.75. The third-order valence-corrected chi connectivity index (χ3v) is 4.35. The minimum Gasteiger partial charge on any atom is -0.305 e. The van der Waals surface area contributed by atoms with Crippen molar-refractivity contribution in [1.82, 2.24) is 4.98 Å². The molecule has 0 amide bonds. The Balaban J connectivity index is 0.00000176. The van der Waals surface area contributed by atoms with Crippen LogP contribution in [-0.2, 0) is 25.5 Å². The van der Waals surface area contributed by atoms with Crippen molar-refractivity contribution in [3.63, 3.8) is 0 Å². The first-order valence-electron chi connectivity index (χ1n) is 7.61. The molecule has 1 radical (unpaired) electrons. The molecule has 0 saturated carbocycles. The molecule has 0 bridgehead atoms. The van der Waals surface area contributed by atoms with Crippen LogP contribution < -0.4 is 0 Å². The molecule has 0 N–H and O–H groups in total. The van der Waals surface area contributed by atoms with Gasteiger partial charge in [0.1, 0.15) is 0 Å². The predicted molar refractivity (Wildman–Crippen MR) is 89.3 cm³/mol. The Bertz CT molecular complexity index is 726. The first-order valence-corrected chi connectivity index (χ1v) is 7.61. The molecule has 0 fully saturated rings. The van der Waals surface area contributed by atoms with Crippen LogP contribution in [0.1, 0.15) is 57.2 Å².